The lowest BCUT2D eigenvalue weighted by molar-refractivity contribution is 1.07. The molecule has 24 rings (SSSR count). The lowest BCUT2D eigenvalue weighted by Gasteiger charge is -2.15. The summed E-state index contributed by atoms with van der Waals surface area (Å²) >= 11 is 0. The molecular formula is C107H67N9. The van der Waals surface area contributed by atoms with E-state index >= 15 is 0 Å². The number of hydrogen-bond acceptors (Lipinski definition) is 5. The van der Waals surface area contributed by atoms with Gasteiger partial charge in [-0.2, -0.15) is 0 Å². The zero-order valence-electron chi connectivity index (χ0n) is 62.7. The minimum Gasteiger partial charge on any atom is -0.309 e. The number of aromatic nitrogens is 9. The molecule has 0 saturated carbocycles. The molecule has 0 saturated heterocycles. The normalized spacial score (nSPS) is 11.8. The van der Waals surface area contributed by atoms with Gasteiger partial charge in [0.1, 0.15) is 0 Å². The van der Waals surface area contributed by atoms with E-state index in [1.165, 1.54) is 86.7 Å². The summed E-state index contributed by atoms with van der Waals surface area (Å²) in [5.74, 6) is 2.59. The molecule has 6 aromatic heterocycles. The Morgan fingerprint density at radius 3 is 0.879 bits per heavy atom. The van der Waals surface area contributed by atoms with Crippen LogP contribution in [0.25, 0.3) is 221 Å². The number of nitrogens with zero attached hydrogens (tertiary/aromatic N) is 9. The molecule has 9 heteroatoms. The van der Waals surface area contributed by atoms with E-state index in [9.17, 15) is 0 Å². The minimum absolute atomic E-state index is 0.624. The van der Waals surface area contributed by atoms with E-state index in [0.29, 0.717) is 23.3 Å². The Bertz CT molecular complexity index is 7490. The summed E-state index contributed by atoms with van der Waals surface area (Å²) < 4.78 is 9.83. The van der Waals surface area contributed by atoms with Crippen LogP contribution >= 0.6 is 0 Å². The van der Waals surface area contributed by atoms with Crippen molar-refractivity contribution in [2.45, 2.75) is 0 Å². The van der Waals surface area contributed by atoms with Crippen molar-refractivity contribution in [3.8, 4) is 90.8 Å². The van der Waals surface area contributed by atoms with E-state index < -0.39 is 0 Å². The molecule has 0 fully saturated rings. The predicted octanol–water partition coefficient (Wildman–Crippen LogP) is 27.4. The highest BCUT2D eigenvalue weighted by Gasteiger charge is 2.27. The highest BCUT2D eigenvalue weighted by molar-refractivity contribution is 6.28. The number of fused-ring (bicyclic) bond motifs is 18. The first kappa shape index (κ1) is 66.1. The average molecular weight is 1480 g/mol. The van der Waals surface area contributed by atoms with Crippen molar-refractivity contribution >= 4 is 130 Å². The molecular weight excluding hydrogens is 1410 g/mol. The van der Waals surface area contributed by atoms with E-state index in [-0.39, 0.29) is 0 Å². The quantitative estimate of drug-likeness (QED) is 0.136. The molecule has 0 amide bonds. The van der Waals surface area contributed by atoms with Crippen molar-refractivity contribution in [1.82, 2.24) is 43.2 Å². The summed E-state index contributed by atoms with van der Waals surface area (Å²) in [6.07, 6.45) is 0. The van der Waals surface area contributed by atoms with Crippen LogP contribution in [0.1, 0.15) is 0 Å². The molecule has 0 aliphatic carbocycles. The molecule has 0 radical (unpaired) electrons. The van der Waals surface area contributed by atoms with Crippen molar-refractivity contribution in [2.24, 2.45) is 0 Å². The summed E-state index contributed by atoms with van der Waals surface area (Å²) in [6, 6.07) is 145. The van der Waals surface area contributed by atoms with Crippen LogP contribution in [0.15, 0.2) is 406 Å². The van der Waals surface area contributed by atoms with Crippen LogP contribution in [0.2, 0.25) is 0 Å². The summed E-state index contributed by atoms with van der Waals surface area (Å²) in [4.78, 5) is 25.8. The molecule has 0 atom stereocenters. The van der Waals surface area contributed by atoms with Gasteiger partial charge >= 0.3 is 0 Å². The third-order valence-electron chi connectivity index (χ3n) is 23.2. The fourth-order valence-electron chi connectivity index (χ4n) is 17.9. The third-order valence-corrected chi connectivity index (χ3v) is 23.2. The molecule has 116 heavy (non-hydrogen) atoms. The van der Waals surface area contributed by atoms with Gasteiger partial charge in [0.2, 0.25) is 0 Å². The molecule has 0 spiro atoms. The molecule has 6 heterocycles. The summed E-state index contributed by atoms with van der Waals surface area (Å²) in [5, 5.41) is 19.2. The van der Waals surface area contributed by atoms with Gasteiger partial charge in [0.05, 0.1) is 66.9 Å². The van der Waals surface area contributed by atoms with Crippen molar-refractivity contribution in [3.05, 3.63) is 406 Å². The van der Waals surface area contributed by atoms with Crippen LogP contribution in [-0.4, -0.2) is 43.2 Å². The van der Waals surface area contributed by atoms with Gasteiger partial charge in [-0.1, -0.05) is 315 Å². The first-order valence-corrected chi connectivity index (χ1v) is 39.4. The van der Waals surface area contributed by atoms with Gasteiger partial charge in [-0.3, -0.25) is 0 Å². The highest BCUT2D eigenvalue weighted by atomic mass is 15.1. The van der Waals surface area contributed by atoms with Crippen LogP contribution in [0.4, 0.5) is 0 Å². The maximum Gasteiger partial charge on any atom is 0.164 e. The second-order valence-corrected chi connectivity index (χ2v) is 29.9. The number of hydrogen-bond donors (Lipinski definition) is 0. The average Bonchev–Trinajstić information content (AvgIpc) is 1.51. The highest BCUT2D eigenvalue weighted by Crippen LogP contribution is 2.47. The van der Waals surface area contributed by atoms with Crippen molar-refractivity contribution in [3.63, 3.8) is 0 Å². The van der Waals surface area contributed by atoms with Crippen molar-refractivity contribution in [1.29, 1.82) is 0 Å². The summed E-state index contributed by atoms with van der Waals surface area (Å²) in [7, 11) is 0. The second-order valence-electron chi connectivity index (χ2n) is 29.9. The summed E-state index contributed by atoms with van der Waals surface area (Å²) in [6.45, 7) is 0. The first-order chi connectivity index (χ1) is 57.5. The van der Waals surface area contributed by atoms with E-state index in [1.807, 2.05) is 48.5 Å². The number of para-hydroxylation sites is 4. The maximum absolute atomic E-state index is 5.26. The minimum atomic E-state index is 0.624. The Hall–Kier alpha value is -15.7. The van der Waals surface area contributed by atoms with Crippen molar-refractivity contribution < 1.29 is 0 Å². The van der Waals surface area contributed by atoms with Gasteiger partial charge in [-0.15, -0.1) is 0 Å². The lowest BCUT2D eigenvalue weighted by Crippen LogP contribution is -2.02. The van der Waals surface area contributed by atoms with Gasteiger partial charge in [0, 0.05) is 98.6 Å². The second kappa shape index (κ2) is 27.1. The predicted molar refractivity (Wildman–Crippen MR) is 482 cm³/mol. The molecule has 0 bridgehead atoms. The SMILES string of the molecule is c1ccc(-c2cc(-c3ccccc3)nc(-c3cc(-n4c5ccccc5c5c4ccc4c6ccccc6n(-c6ccc7ccccc7c6)c45)c4ccccc4c3)n2)cc1.c1ccc(-c2nc(-c3ccccc3)nc(-c3cc(-n4c5ccccc5c5c4ccc4c6ccccc6n(-c6ccc7ccccc7c6)c45)c4ccccc4c3)n2)cc1. The van der Waals surface area contributed by atoms with Gasteiger partial charge in [-0.25, -0.2) is 24.9 Å². The number of benzene rings is 18. The Labute approximate surface area is 666 Å². The van der Waals surface area contributed by atoms with Crippen LogP contribution in [0, 0.1) is 0 Å². The Morgan fingerprint density at radius 1 is 0.164 bits per heavy atom. The zero-order chi connectivity index (χ0) is 76.3. The Morgan fingerprint density at radius 2 is 0.474 bits per heavy atom. The molecule has 0 aliphatic rings. The van der Waals surface area contributed by atoms with Crippen LogP contribution in [0.3, 0.4) is 0 Å². The maximum atomic E-state index is 5.26. The van der Waals surface area contributed by atoms with Gasteiger partial charge in [0.25, 0.3) is 0 Å². The molecule has 9 nitrogen and oxygen atoms in total. The topological polar surface area (TPSA) is 84.2 Å². The Kier molecular flexibility index (Phi) is 15.4. The van der Waals surface area contributed by atoms with E-state index in [4.69, 9.17) is 24.9 Å². The smallest absolute Gasteiger partial charge is 0.164 e. The molecule has 0 N–H and O–H groups in total. The third kappa shape index (κ3) is 10.9. The van der Waals surface area contributed by atoms with Gasteiger partial charge in [0.15, 0.2) is 23.3 Å². The Balaban J connectivity index is 0.000000137. The van der Waals surface area contributed by atoms with Crippen LogP contribution in [0.5, 0.6) is 0 Å². The summed E-state index contributed by atoms with van der Waals surface area (Å²) in [5.41, 5.74) is 21.4. The van der Waals surface area contributed by atoms with Crippen LogP contribution < -0.4 is 0 Å². The van der Waals surface area contributed by atoms with Gasteiger partial charge < -0.3 is 18.3 Å². The molecule has 0 aliphatic heterocycles. The molecule has 18 aromatic carbocycles. The number of rotatable bonds is 10. The van der Waals surface area contributed by atoms with E-state index in [1.54, 1.807) is 0 Å². The van der Waals surface area contributed by atoms with Crippen molar-refractivity contribution in [2.75, 3.05) is 0 Å². The zero-order valence-corrected chi connectivity index (χ0v) is 62.7. The first-order valence-electron chi connectivity index (χ1n) is 39.4. The lowest BCUT2D eigenvalue weighted by atomic mass is 10.0. The fraction of sp³-hybridized carbons (Fsp3) is 0. The molecule has 0 unspecified atom stereocenters. The van der Waals surface area contributed by atoms with Crippen LogP contribution in [-0.2, 0) is 0 Å². The largest absolute Gasteiger partial charge is 0.309 e. The fourth-order valence-corrected chi connectivity index (χ4v) is 17.9. The van der Waals surface area contributed by atoms with Gasteiger partial charge in [-0.05, 0) is 123 Å². The van der Waals surface area contributed by atoms with E-state index in [2.05, 4.69) is 376 Å². The molecule has 540 valence electrons. The monoisotopic (exact) mass is 1480 g/mol. The van der Waals surface area contributed by atoms with E-state index in [0.717, 1.165) is 111 Å². The standard InChI is InChI=1S/C54H34N4.C53H33N5/c1-3-16-36(17-4-1)46-34-47(37-18-5-2-6-19-37)56-54(55-46)40-31-39-21-9-10-22-42(39)51(33-40)58-49-26-14-12-24-45(49)52-50(58)30-29-44-43-23-11-13-25-48(43)57(53(44)52)41-28-27-35-15-7-8-20-38(35)32-41;1-3-16-35(17-4-1)51-54-52(36-18-5-2-6-19-36)56-53(55-51)39-31-38-21-9-10-22-41(38)48(33-39)58-46-26-14-12-24-44(46)49-47(58)30-29-43-42-23-11-13-25-45(42)57(50(43)49)40-28-27-34-15-7-8-20-37(34)32-40/h1-34H;1-33H. The molecule has 24 aromatic rings.